The zero-order valence-electron chi connectivity index (χ0n) is 28.3. The van der Waals surface area contributed by atoms with E-state index in [9.17, 15) is 0 Å². The summed E-state index contributed by atoms with van der Waals surface area (Å²) in [7, 11) is -1.38. The smallest absolute Gasteiger partial charge is 0.423 e. The average molecular weight is 734 g/mol. The first kappa shape index (κ1) is 33.4. The van der Waals surface area contributed by atoms with Crippen LogP contribution in [-0.2, 0) is 0 Å². The summed E-state index contributed by atoms with van der Waals surface area (Å²) >= 11 is 3.68. The van der Waals surface area contributed by atoms with Crippen LogP contribution in [0.15, 0.2) is 199 Å². The Bertz CT molecular complexity index is 2760. The molecule has 0 aromatic heterocycles. The van der Waals surface area contributed by atoms with E-state index in [0.29, 0.717) is 5.46 Å². The first-order chi connectivity index (χ1) is 25.5. The highest BCUT2D eigenvalue weighted by Crippen LogP contribution is 2.37. The average Bonchev–Trinajstić information content (AvgIpc) is 3.20. The second kappa shape index (κ2) is 14.8. The van der Waals surface area contributed by atoms with Gasteiger partial charge in [0.1, 0.15) is 0 Å². The highest BCUT2D eigenvalue weighted by Gasteiger charge is 2.11. The summed E-state index contributed by atoms with van der Waals surface area (Å²) in [6, 6.07) is 67.2. The Kier molecular flexibility index (Phi) is 9.52. The lowest BCUT2D eigenvalue weighted by molar-refractivity contribution is 0.426. The van der Waals surface area contributed by atoms with E-state index in [2.05, 4.69) is 168 Å². The van der Waals surface area contributed by atoms with Gasteiger partial charge >= 0.3 is 7.12 Å². The molecule has 0 saturated carbocycles. The van der Waals surface area contributed by atoms with Crippen LogP contribution in [0, 0.1) is 0 Å². The summed E-state index contributed by atoms with van der Waals surface area (Å²) in [6.45, 7) is 0. The van der Waals surface area contributed by atoms with E-state index in [-0.39, 0.29) is 0 Å². The molecule has 0 bridgehead atoms. The third-order valence-corrected chi connectivity index (χ3v) is 10.4. The van der Waals surface area contributed by atoms with Gasteiger partial charge in [-0.2, -0.15) is 0 Å². The van der Waals surface area contributed by atoms with Crippen molar-refractivity contribution in [2.24, 2.45) is 0 Å². The highest BCUT2D eigenvalue weighted by atomic mass is 79.9. The van der Waals surface area contributed by atoms with Gasteiger partial charge in [-0.05, 0) is 115 Å². The Hall–Kier alpha value is -5.78. The lowest BCUT2D eigenvalue weighted by Crippen LogP contribution is -2.29. The first-order valence-electron chi connectivity index (χ1n) is 17.3. The van der Waals surface area contributed by atoms with E-state index in [1.54, 1.807) is 12.1 Å². The SMILES string of the molecule is Brc1c2ccccc2cc2ccccc12.OB(O)c1ccc2ccccc2c1.c1ccc2cc(-c3c4ccccc4cc4ccccc34)ccc2c1. The summed E-state index contributed by atoms with van der Waals surface area (Å²) in [5, 5.41) is 32.9. The number of fused-ring (bicyclic) bond motifs is 6. The summed E-state index contributed by atoms with van der Waals surface area (Å²) in [6.07, 6.45) is 0. The Balaban J connectivity index is 0.000000119. The van der Waals surface area contributed by atoms with Crippen molar-refractivity contribution in [3.8, 4) is 11.1 Å². The molecule has 0 radical (unpaired) electrons. The van der Waals surface area contributed by atoms with Crippen molar-refractivity contribution >= 4 is 93.1 Å². The van der Waals surface area contributed by atoms with Gasteiger partial charge in [0.15, 0.2) is 0 Å². The molecule has 248 valence electrons. The van der Waals surface area contributed by atoms with E-state index in [1.165, 1.54) is 69.5 Å². The van der Waals surface area contributed by atoms with Crippen molar-refractivity contribution in [2.45, 2.75) is 0 Å². The van der Waals surface area contributed by atoms with Gasteiger partial charge in [0.05, 0.1) is 0 Å². The van der Waals surface area contributed by atoms with Gasteiger partial charge in [-0.25, -0.2) is 0 Å². The lowest BCUT2D eigenvalue weighted by Gasteiger charge is -2.13. The van der Waals surface area contributed by atoms with Gasteiger partial charge in [-0.15, -0.1) is 0 Å². The topological polar surface area (TPSA) is 40.5 Å². The standard InChI is InChI=1S/C24H16.C14H9Br.C10H9BO2/c1-2-8-18-15-21(14-13-17(18)7-1)24-22-11-5-3-9-19(22)16-20-10-4-6-12-23(20)24;15-14-12-7-3-1-5-10(12)9-11-6-2-4-8-13(11)14;12-11(13)10-6-5-8-3-1-2-4-9(8)7-10/h1-16H;1-9H;1-7,12-13H. The molecule has 2 nitrogen and oxygen atoms in total. The maximum absolute atomic E-state index is 8.94. The molecule has 10 aromatic carbocycles. The quantitative estimate of drug-likeness (QED) is 0.137. The van der Waals surface area contributed by atoms with Crippen molar-refractivity contribution in [2.75, 3.05) is 0 Å². The fourth-order valence-corrected chi connectivity index (χ4v) is 7.72. The number of rotatable bonds is 2. The zero-order chi connectivity index (χ0) is 35.4. The Labute approximate surface area is 311 Å². The van der Waals surface area contributed by atoms with Crippen molar-refractivity contribution in [1.82, 2.24) is 0 Å². The molecule has 0 amide bonds. The van der Waals surface area contributed by atoms with Crippen LogP contribution in [0.25, 0.3) is 75.8 Å². The molecule has 10 aromatic rings. The molecule has 0 heterocycles. The first-order valence-corrected chi connectivity index (χ1v) is 18.1. The van der Waals surface area contributed by atoms with E-state index >= 15 is 0 Å². The predicted octanol–water partition coefficient (Wildman–Crippen LogP) is 12.1. The third-order valence-electron chi connectivity index (χ3n) is 9.59. The molecule has 0 spiro atoms. The molecule has 10 rings (SSSR count). The summed E-state index contributed by atoms with van der Waals surface area (Å²) in [4.78, 5) is 0. The second-order valence-electron chi connectivity index (χ2n) is 12.9. The summed E-state index contributed by atoms with van der Waals surface area (Å²) in [5.41, 5.74) is 3.13. The molecule has 4 heteroatoms. The van der Waals surface area contributed by atoms with Crippen molar-refractivity contribution in [3.63, 3.8) is 0 Å². The van der Waals surface area contributed by atoms with Crippen LogP contribution in [0.3, 0.4) is 0 Å². The zero-order valence-corrected chi connectivity index (χ0v) is 29.9. The molecule has 0 aliphatic heterocycles. The van der Waals surface area contributed by atoms with Gasteiger partial charge in [0, 0.05) is 4.47 Å². The van der Waals surface area contributed by atoms with Crippen molar-refractivity contribution in [3.05, 3.63) is 199 Å². The minimum atomic E-state index is -1.38. The van der Waals surface area contributed by atoms with E-state index in [4.69, 9.17) is 10.0 Å². The monoisotopic (exact) mass is 732 g/mol. The fraction of sp³-hybridized carbons (Fsp3) is 0. The molecule has 0 saturated heterocycles. The molecule has 0 fully saturated rings. The van der Waals surface area contributed by atoms with Gasteiger partial charge in [0.25, 0.3) is 0 Å². The Morgan fingerprint density at radius 2 is 0.692 bits per heavy atom. The second-order valence-corrected chi connectivity index (χ2v) is 13.7. The summed E-state index contributed by atoms with van der Waals surface area (Å²) < 4.78 is 1.19. The Morgan fingerprint density at radius 1 is 0.327 bits per heavy atom. The number of benzene rings is 10. The molecule has 2 N–H and O–H groups in total. The molecule has 0 atom stereocenters. The van der Waals surface area contributed by atoms with Gasteiger partial charge < -0.3 is 10.0 Å². The van der Waals surface area contributed by atoms with Gasteiger partial charge in [-0.1, -0.05) is 176 Å². The van der Waals surface area contributed by atoms with Crippen LogP contribution in [0.1, 0.15) is 0 Å². The normalized spacial score (nSPS) is 11.0. The predicted molar refractivity (Wildman–Crippen MR) is 227 cm³/mol. The Morgan fingerprint density at radius 3 is 1.17 bits per heavy atom. The van der Waals surface area contributed by atoms with E-state index in [1.807, 2.05) is 30.3 Å². The molecule has 0 unspecified atom stereocenters. The maximum atomic E-state index is 8.94. The maximum Gasteiger partial charge on any atom is 0.488 e. The number of hydrogen-bond acceptors (Lipinski definition) is 2. The minimum Gasteiger partial charge on any atom is -0.423 e. The van der Waals surface area contributed by atoms with Crippen LogP contribution in [0.4, 0.5) is 0 Å². The molecule has 52 heavy (non-hydrogen) atoms. The minimum absolute atomic E-state index is 0.527. The van der Waals surface area contributed by atoms with E-state index in [0.717, 1.165) is 10.8 Å². The highest BCUT2D eigenvalue weighted by molar-refractivity contribution is 9.10. The van der Waals surface area contributed by atoms with Crippen LogP contribution in [0.2, 0.25) is 0 Å². The molecule has 0 aliphatic carbocycles. The van der Waals surface area contributed by atoms with Crippen LogP contribution >= 0.6 is 15.9 Å². The van der Waals surface area contributed by atoms with E-state index < -0.39 is 7.12 Å². The number of halogens is 1. The lowest BCUT2D eigenvalue weighted by atomic mass is 9.79. The van der Waals surface area contributed by atoms with Crippen LogP contribution in [-0.4, -0.2) is 17.2 Å². The van der Waals surface area contributed by atoms with Crippen molar-refractivity contribution in [1.29, 1.82) is 0 Å². The van der Waals surface area contributed by atoms with Crippen molar-refractivity contribution < 1.29 is 10.0 Å². The molecular weight excluding hydrogens is 699 g/mol. The van der Waals surface area contributed by atoms with Gasteiger partial charge in [0.2, 0.25) is 0 Å². The summed E-state index contributed by atoms with van der Waals surface area (Å²) in [5.74, 6) is 0. The van der Waals surface area contributed by atoms with Crippen LogP contribution < -0.4 is 5.46 Å². The molecule has 0 aliphatic rings. The fourth-order valence-electron chi connectivity index (χ4n) is 7.00. The largest absolute Gasteiger partial charge is 0.488 e. The third kappa shape index (κ3) is 6.80. The van der Waals surface area contributed by atoms with Gasteiger partial charge in [-0.3, -0.25) is 0 Å². The van der Waals surface area contributed by atoms with Crippen LogP contribution in [0.5, 0.6) is 0 Å². The number of hydrogen-bond donors (Lipinski definition) is 2. The molecular formula is C48H34BBrO2.